The van der Waals surface area contributed by atoms with Gasteiger partial charge in [0.1, 0.15) is 0 Å². The highest BCUT2D eigenvalue weighted by Crippen LogP contribution is 2.43. The molecule has 4 heteroatoms. The smallest absolute Gasteiger partial charge is 0.226 e. The molecular weight excluding hydrogens is 336 g/mol. The number of rotatable bonds is 3. The van der Waals surface area contributed by atoms with Crippen LogP contribution in [0.5, 0.6) is 0 Å². The van der Waals surface area contributed by atoms with Gasteiger partial charge in [-0.15, -0.1) is 0 Å². The van der Waals surface area contributed by atoms with E-state index in [0.29, 0.717) is 6.42 Å². The molecule has 0 unspecified atom stereocenters. The molecule has 0 saturated carbocycles. The molecule has 0 radical (unpaired) electrons. The van der Waals surface area contributed by atoms with Gasteiger partial charge in [-0.05, 0) is 41.7 Å². The van der Waals surface area contributed by atoms with Gasteiger partial charge in [-0.2, -0.15) is 0 Å². The van der Waals surface area contributed by atoms with Crippen molar-refractivity contribution in [3.8, 4) is 0 Å². The number of fused-ring (bicyclic) bond motifs is 2. The molecule has 1 heterocycles. The highest BCUT2D eigenvalue weighted by molar-refractivity contribution is 5.88. The Bertz CT molecular complexity index is 891. The van der Waals surface area contributed by atoms with Gasteiger partial charge in [0, 0.05) is 31.1 Å². The minimum absolute atomic E-state index is 0.0939. The Labute approximate surface area is 159 Å². The summed E-state index contributed by atoms with van der Waals surface area (Å²) in [4.78, 5) is 25.8. The van der Waals surface area contributed by atoms with Gasteiger partial charge in [-0.25, -0.2) is 0 Å². The zero-order chi connectivity index (χ0) is 18.9. The quantitative estimate of drug-likeness (QED) is 0.906. The number of nitrogens with zero attached hydrogens (tertiary/aromatic N) is 1. The third kappa shape index (κ3) is 3.52. The highest BCUT2D eigenvalue weighted by Gasteiger charge is 2.38. The summed E-state index contributed by atoms with van der Waals surface area (Å²) in [6.45, 7) is 3.07. The van der Waals surface area contributed by atoms with E-state index in [2.05, 4.69) is 41.7 Å². The van der Waals surface area contributed by atoms with Crippen molar-refractivity contribution in [3.63, 3.8) is 0 Å². The van der Waals surface area contributed by atoms with Gasteiger partial charge < -0.3 is 10.2 Å². The van der Waals surface area contributed by atoms with Crippen LogP contribution in [-0.2, 0) is 21.4 Å². The topological polar surface area (TPSA) is 49.4 Å². The molecule has 138 valence electrons. The number of hydrogen-bond donors (Lipinski definition) is 1. The molecule has 0 bridgehead atoms. The van der Waals surface area contributed by atoms with Crippen LogP contribution in [0.4, 0.5) is 5.69 Å². The van der Waals surface area contributed by atoms with E-state index in [0.717, 1.165) is 37.2 Å². The van der Waals surface area contributed by atoms with Crippen molar-refractivity contribution >= 4 is 23.6 Å². The monoisotopic (exact) mass is 360 g/mol. The molecule has 2 aromatic rings. The van der Waals surface area contributed by atoms with Crippen molar-refractivity contribution < 1.29 is 9.59 Å². The lowest BCUT2D eigenvalue weighted by atomic mass is 9.74. The molecule has 2 aromatic carbocycles. The molecule has 1 fully saturated rings. The Morgan fingerprint density at radius 3 is 2.44 bits per heavy atom. The zero-order valence-corrected chi connectivity index (χ0v) is 15.6. The number of benzene rings is 2. The zero-order valence-electron chi connectivity index (χ0n) is 15.6. The molecule has 1 N–H and O–H groups in total. The lowest BCUT2D eigenvalue weighted by Crippen LogP contribution is -2.44. The molecular formula is C23H24N2O2. The summed E-state index contributed by atoms with van der Waals surface area (Å²) in [6, 6.07) is 16.1. The summed E-state index contributed by atoms with van der Waals surface area (Å²) in [5.74, 6) is 0.0796. The second-order valence-electron chi connectivity index (χ2n) is 7.51. The SMILES string of the molecule is CC(=O)Nc1ccc(CC(=O)N2CCC3(C=Cc4ccccc43)CC2)cc1. The minimum atomic E-state index is -0.0939. The average molecular weight is 360 g/mol. The van der Waals surface area contributed by atoms with Crippen molar-refractivity contribution in [3.05, 3.63) is 71.3 Å². The molecule has 2 aliphatic rings. The fourth-order valence-corrected chi connectivity index (χ4v) is 4.22. The van der Waals surface area contributed by atoms with Crippen molar-refractivity contribution in [2.24, 2.45) is 0 Å². The predicted octanol–water partition coefficient (Wildman–Crippen LogP) is 3.77. The Hall–Kier alpha value is -2.88. The molecule has 1 spiro atoms. The van der Waals surface area contributed by atoms with E-state index in [-0.39, 0.29) is 17.2 Å². The van der Waals surface area contributed by atoms with Crippen LogP contribution in [0.15, 0.2) is 54.6 Å². The first-order chi connectivity index (χ1) is 13.1. The van der Waals surface area contributed by atoms with Gasteiger partial charge in [-0.3, -0.25) is 9.59 Å². The lowest BCUT2D eigenvalue weighted by molar-refractivity contribution is -0.131. The van der Waals surface area contributed by atoms with Crippen LogP contribution in [0.2, 0.25) is 0 Å². The molecule has 1 saturated heterocycles. The van der Waals surface area contributed by atoms with Crippen LogP contribution < -0.4 is 5.32 Å². The predicted molar refractivity (Wildman–Crippen MR) is 107 cm³/mol. The maximum absolute atomic E-state index is 12.7. The van der Waals surface area contributed by atoms with Gasteiger partial charge >= 0.3 is 0 Å². The minimum Gasteiger partial charge on any atom is -0.342 e. The van der Waals surface area contributed by atoms with Crippen LogP contribution in [0.1, 0.15) is 36.5 Å². The number of allylic oxidation sites excluding steroid dienone is 1. The van der Waals surface area contributed by atoms with Crippen molar-refractivity contribution in [2.45, 2.75) is 31.6 Å². The number of carbonyl (C=O) groups excluding carboxylic acids is 2. The van der Waals surface area contributed by atoms with E-state index in [1.54, 1.807) is 0 Å². The molecule has 1 aliphatic carbocycles. The number of carbonyl (C=O) groups is 2. The first-order valence-electron chi connectivity index (χ1n) is 9.49. The second kappa shape index (κ2) is 7.03. The Morgan fingerprint density at radius 1 is 1.04 bits per heavy atom. The van der Waals surface area contributed by atoms with Crippen LogP contribution in [0.25, 0.3) is 6.08 Å². The van der Waals surface area contributed by atoms with Gasteiger partial charge in [0.25, 0.3) is 0 Å². The normalized spacial score (nSPS) is 17.0. The first kappa shape index (κ1) is 17.5. The van der Waals surface area contributed by atoms with Crippen molar-refractivity contribution in [1.82, 2.24) is 4.90 Å². The number of nitrogens with one attached hydrogen (secondary N) is 1. The summed E-state index contributed by atoms with van der Waals surface area (Å²) < 4.78 is 0. The van der Waals surface area contributed by atoms with Gasteiger partial charge in [-0.1, -0.05) is 48.6 Å². The standard InChI is InChI=1S/C23H24N2O2/c1-17(26)24-20-8-6-18(7-9-20)16-22(27)25-14-12-23(13-15-25)11-10-19-4-2-3-5-21(19)23/h2-11H,12-16H2,1H3,(H,24,26). The van der Waals surface area contributed by atoms with E-state index >= 15 is 0 Å². The van der Waals surface area contributed by atoms with E-state index in [1.165, 1.54) is 18.1 Å². The first-order valence-corrected chi connectivity index (χ1v) is 9.49. The summed E-state index contributed by atoms with van der Waals surface area (Å²) in [7, 11) is 0. The van der Waals surface area contributed by atoms with E-state index in [1.807, 2.05) is 29.2 Å². The molecule has 27 heavy (non-hydrogen) atoms. The third-order valence-electron chi connectivity index (χ3n) is 5.72. The largest absolute Gasteiger partial charge is 0.342 e. The lowest BCUT2D eigenvalue weighted by Gasteiger charge is -2.39. The van der Waals surface area contributed by atoms with E-state index < -0.39 is 0 Å². The number of amides is 2. The Morgan fingerprint density at radius 2 is 1.74 bits per heavy atom. The molecule has 4 rings (SSSR count). The maximum atomic E-state index is 12.7. The van der Waals surface area contributed by atoms with Gasteiger partial charge in [0.15, 0.2) is 0 Å². The van der Waals surface area contributed by atoms with Crippen LogP contribution in [-0.4, -0.2) is 29.8 Å². The number of likely N-dealkylation sites (tertiary alicyclic amines) is 1. The van der Waals surface area contributed by atoms with Crippen LogP contribution in [0, 0.1) is 0 Å². The fourth-order valence-electron chi connectivity index (χ4n) is 4.22. The average Bonchev–Trinajstić information content (AvgIpc) is 3.02. The van der Waals surface area contributed by atoms with Crippen molar-refractivity contribution in [2.75, 3.05) is 18.4 Å². The third-order valence-corrected chi connectivity index (χ3v) is 5.72. The molecule has 2 amide bonds. The Balaban J connectivity index is 1.37. The van der Waals surface area contributed by atoms with E-state index in [9.17, 15) is 9.59 Å². The van der Waals surface area contributed by atoms with Gasteiger partial charge in [0.2, 0.25) is 11.8 Å². The maximum Gasteiger partial charge on any atom is 0.226 e. The highest BCUT2D eigenvalue weighted by atomic mass is 16.2. The molecule has 0 aromatic heterocycles. The Kier molecular flexibility index (Phi) is 4.56. The molecule has 4 nitrogen and oxygen atoms in total. The van der Waals surface area contributed by atoms with E-state index in [4.69, 9.17) is 0 Å². The van der Waals surface area contributed by atoms with Crippen LogP contribution in [0.3, 0.4) is 0 Å². The summed E-state index contributed by atoms with van der Waals surface area (Å²) in [5.41, 5.74) is 4.56. The summed E-state index contributed by atoms with van der Waals surface area (Å²) in [5, 5.41) is 2.74. The number of hydrogen-bond acceptors (Lipinski definition) is 2. The second-order valence-corrected chi connectivity index (χ2v) is 7.51. The summed E-state index contributed by atoms with van der Waals surface area (Å²) >= 11 is 0. The summed E-state index contributed by atoms with van der Waals surface area (Å²) in [6.07, 6.45) is 6.92. The number of anilines is 1. The van der Waals surface area contributed by atoms with Crippen LogP contribution >= 0.6 is 0 Å². The van der Waals surface area contributed by atoms with Gasteiger partial charge in [0.05, 0.1) is 6.42 Å². The van der Waals surface area contributed by atoms with Crippen molar-refractivity contribution in [1.29, 1.82) is 0 Å². The molecule has 1 aliphatic heterocycles. The number of piperidine rings is 1. The molecule has 0 atom stereocenters. The fraction of sp³-hybridized carbons (Fsp3) is 0.304.